The quantitative estimate of drug-likeness (QED) is 0.137. The molecule has 3 saturated heterocycles. The summed E-state index contributed by atoms with van der Waals surface area (Å²) in [5, 5.41) is 11.1. The lowest BCUT2D eigenvalue weighted by atomic mass is 9.50. The maximum Gasteiger partial charge on any atom is 0.246 e. The van der Waals surface area contributed by atoms with Crippen molar-refractivity contribution in [1.82, 2.24) is 9.80 Å². The standard InChI is InChI=1S/C48H46ClN3O7/c1-58-40-24-30(25-41(59-2)43(40)53)16-19-38-35-17-18-36-42(46(56)51(44(36)54)33-20-22-50(23-21-33)28-29-10-5-3-6-11-29)37(35)27-39-45(55)52(34-15-9-14-32(49)26-34)47(57)48(38,39)31-12-7-4-8-13-31/h3-17,19,24-26,33,36-39,42,53H,18,20-23,27-28H2,1-2H3/t36-,37+,38-,39-,42-,48-/m0/s1. The predicted octanol–water partition coefficient (Wildman–Crippen LogP) is 7.44. The number of carbonyl (C=O) groups is 4. The molecule has 10 nitrogen and oxygen atoms in total. The molecule has 9 rings (SSSR count). The molecule has 59 heavy (non-hydrogen) atoms. The number of allylic oxidation sites excluding steroid dienone is 3. The number of fused-ring (bicyclic) bond motifs is 4. The smallest absolute Gasteiger partial charge is 0.246 e. The number of hydrogen-bond acceptors (Lipinski definition) is 8. The van der Waals surface area contributed by atoms with Gasteiger partial charge in [-0.3, -0.25) is 29.0 Å². The Labute approximate surface area is 348 Å². The summed E-state index contributed by atoms with van der Waals surface area (Å²) in [7, 11) is 2.91. The Balaban J connectivity index is 1.12. The Morgan fingerprint density at radius 3 is 2.15 bits per heavy atom. The van der Waals surface area contributed by atoms with Crippen LogP contribution in [0.5, 0.6) is 17.2 Å². The van der Waals surface area contributed by atoms with Crippen LogP contribution in [0.3, 0.4) is 0 Å². The molecular weight excluding hydrogens is 766 g/mol. The van der Waals surface area contributed by atoms with Crippen LogP contribution in [0.2, 0.25) is 5.02 Å². The van der Waals surface area contributed by atoms with Gasteiger partial charge in [0.2, 0.25) is 29.4 Å². The number of nitrogens with zero attached hydrogens (tertiary/aromatic N) is 3. The van der Waals surface area contributed by atoms with E-state index in [4.69, 9.17) is 21.1 Å². The van der Waals surface area contributed by atoms with Gasteiger partial charge >= 0.3 is 0 Å². The number of carbonyl (C=O) groups excluding carboxylic acids is 4. The van der Waals surface area contributed by atoms with Crippen molar-refractivity contribution in [2.45, 2.75) is 43.7 Å². The third-order valence-corrected chi connectivity index (χ3v) is 13.7. The molecule has 4 aromatic rings. The van der Waals surface area contributed by atoms with Crippen LogP contribution in [0.25, 0.3) is 6.08 Å². The summed E-state index contributed by atoms with van der Waals surface area (Å²) >= 11 is 6.46. The Hall–Kier alpha value is -5.71. The molecule has 3 aliphatic heterocycles. The van der Waals surface area contributed by atoms with Gasteiger partial charge in [-0.1, -0.05) is 102 Å². The molecule has 4 fully saturated rings. The zero-order chi connectivity index (χ0) is 41.0. The molecule has 0 unspecified atom stereocenters. The molecule has 2 aliphatic carbocycles. The van der Waals surface area contributed by atoms with E-state index in [-0.39, 0.29) is 53.3 Å². The summed E-state index contributed by atoms with van der Waals surface area (Å²) in [6, 6.07) is 29.6. The fraction of sp³-hybridized carbons (Fsp3) is 0.333. The fourth-order valence-electron chi connectivity index (χ4n) is 10.8. The topological polar surface area (TPSA) is 117 Å². The number of imide groups is 2. The molecule has 4 amide bonds. The normalized spacial score (nSPS) is 27.2. The van der Waals surface area contributed by atoms with Gasteiger partial charge in [0.25, 0.3) is 0 Å². The van der Waals surface area contributed by atoms with E-state index >= 15 is 9.59 Å². The zero-order valence-corrected chi connectivity index (χ0v) is 33.8. The van der Waals surface area contributed by atoms with Gasteiger partial charge in [0.1, 0.15) is 0 Å². The van der Waals surface area contributed by atoms with Gasteiger partial charge < -0.3 is 14.6 Å². The number of anilines is 1. The summed E-state index contributed by atoms with van der Waals surface area (Å²) in [5.74, 6) is -4.02. The van der Waals surface area contributed by atoms with Crippen LogP contribution in [0.15, 0.2) is 115 Å². The Morgan fingerprint density at radius 2 is 1.49 bits per heavy atom. The summed E-state index contributed by atoms with van der Waals surface area (Å²) in [6.07, 6.45) is 7.82. The molecule has 1 N–H and O–H groups in total. The first-order valence-electron chi connectivity index (χ1n) is 20.3. The van der Waals surface area contributed by atoms with E-state index in [0.717, 1.165) is 25.2 Å². The molecule has 6 atom stereocenters. The first kappa shape index (κ1) is 38.8. The maximum absolute atomic E-state index is 15.5. The van der Waals surface area contributed by atoms with Gasteiger partial charge in [0.15, 0.2) is 11.5 Å². The van der Waals surface area contributed by atoms with E-state index in [0.29, 0.717) is 41.1 Å². The highest BCUT2D eigenvalue weighted by atomic mass is 35.5. The number of ether oxygens (including phenoxy) is 2. The van der Waals surface area contributed by atoms with Crippen LogP contribution in [0.4, 0.5) is 5.69 Å². The Kier molecular flexibility index (Phi) is 10.2. The summed E-state index contributed by atoms with van der Waals surface area (Å²) in [6.45, 7) is 2.37. The molecule has 0 radical (unpaired) electrons. The molecule has 0 spiro atoms. The van der Waals surface area contributed by atoms with Gasteiger partial charge in [-0.25, -0.2) is 4.90 Å². The van der Waals surface area contributed by atoms with Gasteiger partial charge in [-0.05, 0) is 78.6 Å². The van der Waals surface area contributed by atoms with Crippen LogP contribution in [-0.2, 0) is 31.1 Å². The minimum atomic E-state index is -1.39. The molecule has 5 aliphatic rings. The molecular formula is C48H46ClN3O7. The highest BCUT2D eigenvalue weighted by Crippen LogP contribution is 2.62. The minimum Gasteiger partial charge on any atom is -0.502 e. The number of phenols is 1. The largest absolute Gasteiger partial charge is 0.502 e. The van der Waals surface area contributed by atoms with Crippen molar-refractivity contribution in [3.63, 3.8) is 0 Å². The monoisotopic (exact) mass is 811 g/mol. The molecule has 11 heteroatoms. The number of aromatic hydroxyl groups is 1. The number of likely N-dealkylation sites (tertiary alicyclic amines) is 2. The summed E-state index contributed by atoms with van der Waals surface area (Å²) in [4.78, 5) is 65.0. The molecule has 3 heterocycles. The van der Waals surface area contributed by atoms with Crippen LogP contribution >= 0.6 is 11.6 Å². The number of piperidine rings is 1. The molecule has 0 aromatic heterocycles. The van der Waals surface area contributed by atoms with Crippen molar-refractivity contribution in [3.05, 3.63) is 137 Å². The van der Waals surface area contributed by atoms with Gasteiger partial charge in [0.05, 0.1) is 43.1 Å². The average molecular weight is 812 g/mol. The maximum atomic E-state index is 15.5. The predicted molar refractivity (Wildman–Crippen MR) is 224 cm³/mol. The van der Waals surface area contributed by atoms with Crippen molar-refractivity contribution in [2.75, 3.05) is 32.2 Å². The van der Waals surface area contributed by atoms with E-state index in [9.17, 15) is 14.7 Å². The molecule has 1 saturated carbocycles. The fourth-order valence-corrected chi connectivity index (χ4v) is 11.0. The zero-order valence-electron chi connectivity index (χ0n) is 33.0. The van der Waals surface area contributed by atoms with Crippen molar-refractivity contribution in [2.24, 2.45) is 29.6 Å². The van der Waals surface area contributed by atoms with E-state index in [1.54, 1.807) is 41.3 Å². The number of rotatable bonds is 9. The number of methoxy groups -OCH3 is 2. The summed E-state index contributed by atoms with van der Waals surface area (Å²) < 4.78 is 10.9. The highest BCUT2D eigenvalue weighted by molar-refractivity contribution is 6.32. The van der Waals surface area contributed by atoms with E-state index in [2.05, 4.69) is 23.1 Å². The lowest BCUT2D eigenvalue weighted by Crippen LogP contribution is -2.54. The minimum absolute atomic E-state index is 0.138. The Bertz CT molecular complexity index is 2350. The van der Waals surface area contributed by atoms with E-state index < -0.39 is 35.0 Å². The van der Waals surface area contributed by atoms with Crippen molar-refractivity contribution < 1.29 is 33.8 Å². The Morgan fingerprint density at radius 1 is 0.814 bits per heavy atom. The molecule has 4 aromatic carbocycles. The van der Waals surface area contributed by atoms with Crippen LogP contribution in [-0.4, -0.2) is 71.9 Å². The first-order valence-corrected chi connectivity index (χ1v) is 20.7. The summed E-state index contributed by atoms with van der Waals surface area (Å²) in [5.41, 5.74) is 2.40. The molecule has 0 bridgehead atoms. The second kappa shape index (κ2) is 15.5. The van der Waals surface area contributed by atoms with Crippen LogP contribution < -0.4 is 14.4 Å². The first-order chi connectivity index (χ1) is 28.6. The third kappa shape index (κ3) is 6.35. The highest BCUT2D eigenvalue weighted by Gasteiger charge is 2.69. The molecule has 302 valence electrons. The van der Waals surface area contributed by atoms with Crippen LogP contribution in [0.1, 0.15) is 42.4 Å². The van der Waals surface area contributed by atoms with Crippen molar-refractivity contribution in [1.29, 1.82) is 0 Å². The van der Waals surface area contributed by atoms with Crippen LogP contribution in [0, 0.1) is 29.6 Å². The lowest BCUT2D eigenvalue weighted by molar-refractivity contribution is -0.144. The van der Waals surface area contributed by atoms with Crippen molar-refractivity contribution in [3.8, 4) is 17.2 Å². The number of halogens is 1. The van der Waals surface area contributed by atoms with Gasteiger partial charge in [-0.15, -0.1) is 0 Å². The lowest BCUT2D eigenvalue weighted by Gasteiger charge is -2.49. The number of hydrogen-bond donors (Lipinski definition) is 1. The second-order valence-corrected chi connectivity index (χ2v) is 16.7. The number of benzene rings is 4. The van der Waals surface area contributed by atoms with Gasteiger partial charge in [0, 0.05) is 36.6 Å². The third-order valence-electron chi connectivity index (χ3n) is 13.4. The van der Waals surface area contributed by atoms with Gasteiger partial charge in [-0.2, -0.15) is 0 Å². The number of amides is 4. The number of phenolic OH excluding ortho intramolecular Hbond substituents is 1. The second-order valence-electron chi connectivity index (χ2n) is 16.3. The van der Waals surface area contributed by atoms with Crippen molar-refractivity contribution >= 4 is 47.0 Å². The van der Waals surface area contributed by atoms with E-state index in [1.807, 2.05) is 60.7 Å². The average Bonchev–Trinajstić information content (AvgIpc) is 3.65. The van der Waals surface area contributed by atoms with E-state index in [1.165, 1.54) is 24.7 Å². The SMILES string of the molecule is COc1cc(C=C[C@H]2C3=CC[C@@H]4C(=O)N(C5CCN(Cc6ccccc6)CC5)C(=O)[C@@H]4[C@@H]3C[C@H]3C(=O)N(c4cccc(Cl)c4)C(=O)[C@@]23c2ccccc2)cc(OC)c1O.